The molecule has 1 rings (SSSR count). The molecule has 0 saturated carbocycles. The molecule has 1 aromatic heterocycles. The van der Waals surface area contributed by atoms with Gasteiger partial charge in [0, 0.05) is 6.07 Å². The SMILES string of the molecule is CCCCOc1c(C(=O)Cl)occc1=O. The zero-order valence-corrected chi connectivity index (χ0v) is 9.04. The lowest BCUT2D eigenvalue weighted by molar-refractivity contribution is 0.104. The predicted octanol–water partition coefficient (Wildman–Crippen LogP) is 2.20. The van der Waals surface area contributed by atoms with Crippen LogP contribution in [0, 0.1) is 0 Å². The fourth-order valence-corrected chi connectivity index (χ4v) is 1.13. The van der Waals surface area contributed by atoms with E-state index < -0.39 is 10.7 Å². The molecule has 0 fully saturated rings. The molecule has 1 heterocycles. The van der Waals surface area contributed by atoms with E-state index in [1.807, 2.05) is 6.92 Å². The first-order valence-electron chi connectivity index (χ1n) is 4.61. The highest BCUT2D eigenvalue weighted by Crippen LogP contribution is 2.15. The van der Waals surface area contributed by atoms with E-state index in [1.54, 1.807) is 0 Å². The van der Waals surface area contributed by atoms with Gasteiger partial charge < -0.3 is 9.15 Å². The van der Waals surface area contributed by atoms with Gasteiger partial charge >= 0.3 is 0 Å². The Morgan fingerprint density at radius 1 is 1.60 bits per heavy atom. The Kier molecular flexibility index (Phi) is 4.37. The third kappa shape index (κ3) is 3.09. The molecular formula is C10H11ClO4. The summed E-state index contributed by atoms with van der Waals surface area (Å²) in [7, 11) is 0. The minimum Gasteiger partial charge on any atom is -0.486 e. The third-order valence-corrected chi connectivity index (χ3v) is 1.93. The molecule has 0 radical (unpaired) electrons. The van der Waals surface area contributed by atoms with E-state index >= 15 is 0 Å². The second-order valence-corrected chi connectivity index (χ2v) is 3.26. The molecule has 15 heavy (non-hydrogen) atoms. The van der Waals surface area contributed by atoms with Crippen LogP contribution in [0.1, 0.15) is 30.3 Å². The van der Waals surface area contributed by atoms with Crippen LogP contribution in [-0.4, -0.2) is 11.8 Å². The molecule has 1 aromatic rings. The number of carbonyl (C=O) groups excluding carboxylic acids is 1. The van der Waals surface area contributed by atoms with Gasteiger partial charge in [-0.3, -0.25) is 9.59 Å². The Balaban J connectivity index is 2.93. The number of rotatable bonds is 5. The highest BCUT2D eigenvalue weighted by molar-refractivity contribution is 6.67. The van der Waals surface area contributed by atoms with Gasteiger partial charge in [0.05, 0.1) is 12.9 Å². The monoisotopic (exact) mass is 230 g/mol. The van der Waals surface area contributed by atoms with Gasteiger partial charge in [-0.2, -0.15) is 0 Å². The highest BCUT2D eigenvalue weighted by atomic mass is 35.5. The van der Waals surface area contributed by atoms with E-state index in [9.17, 15) is 9.59 Å². The van der Waals surface area contributed by atoms with Crippen LogP contribution in [0.2, 0.25) is 0 Å². The van der Waals surface area contributed by atoms with E-state index in [0.29, 0.717) is 6.61 Å². The van der Waals surface area contributed by atoms with Crippen molar-refractivity contribution in [3.63, 3.8) is 0 Å². The Morgan fingerprint density at radius 2 is 2.33 bits per heavy atom. The molecule has 0 aliphatic rings. The fraction of sp³-hybridized carbons (Fsp3) is 0.400. The Labute approximate surface area is 91.8 Å². The summed E-state index contributed by atoms with van der Waals surface area (Å²) < 4.78 is 9.98. The van der Waals surface area contributed by atoms with E-state index in [4.69, 9.17) is 20.8 Å². The van der Waals surface area contributed by atoms with Crippen LogP contribution in [0.5, 0.6) is 5.75 Å². The smallest absolute Gasteiger partial charge is 0.291 e. The molecule has 5 heteroatoms. The van der Waals surface area contributed by atoms with Crippen LogP contribution in [0.25, 0.3) is 0 Å². The average molecular weight is 231 g/mol. The Bertz CT molecular complexity index is 397. The van der Waals surface area contributed by atoms with Crippen LogP contribution in [0.15, 0.2) is 21.5 Å². The largest absolute Gasteiger partial charge is 0.486 e. The maximum atomic E-state index is 11.3. The van der Waals surface area contributed by atoms with Gasteiger partial charge in [-0.25, -0.2) is 0 Å². The summed E-state index contributed by atoms with van der Waals surface area (Å²) in [6.45, 7) is 2.35. The molecule has 0 spiro atoms. The van der Waals surface area contributed by atoms with E-state index in [0.717, 1.165) is 19.1 Å². The van der Waals surface area contributed by atoms with Crippen molar-refractivity contribution in [1.82, 2.24) is 0 Å². The second kappa shape index (κ2) is 5.56. The molecule has 0 aliphatic heterocycles. The van der Waals surface area contributed by atoms with Crippen LogP contribution in [0.4, 0.5) is 0 Å². The summed E-state index contributed by atoms with van der Waals surface area (Å²) in [5.41, 5.74) is -0.402. The minimum absolute atomic E-state index is 0.106. The van der Waals surface area contributed by atoms with Crippen LogP contribution in [0.3, 0.4) is 0 Å². The normalized spacial score (nSPS) is 10.0. The summed E-state index contributed by atoms with van der Waals surface area (Å²) in [5, 5.41) is -0.834. The average Bonchev–Trinajstić information content (AvgIpc) is 2.20. The van der Waals surface area contributed by atoms with Crippen molar-refractivity contribution in [2.24, 2.45) is 0 Å². The van der Waals surface area contributed by atoms with Crippen molar-refractivity contribution >= 4 is 16.8 Å². The number of unbranched alkanes of at least 4 members (excludes halogenated alkanes) is 1. The maximum Gasteiger partial charge on any atom is 0.291 e. The summed E-state index contributed by atoms with van der Waals surface area (Å²) in [5.74, 6) is -0.341. The molecular weight excluding hydrogens is 220 g/mol. The molecule has 82 valence electrons. The zero-order valence-electron chi connectivity index (χ0n) is 8.29. The number of halogens is 1. The standard InChI is InChI=1S/C10H11ClO4/c1-2-3-5-14-8-7(12)4-6-15-9(8)10(11)13/h4,6H,2-3,5H2,1H3. The van der Waals surface area contributed by atoms with Crippen molar-refractivity contribution in [3.05, 3.63) is 28.3 Å². The molecule has 0 aliphatic carbocycles. The lowest BCUT2D eigenvalue weighted by Gasteiger charge is -2.05. The number of hydrogen-bond acceptors (Lipinski definition) is 4. The molecule has 0 amide bonds. The minimum atomic E-state index is -0.834. The Morgan fingerprint density at radius 3 is 2.93 bits per heavy atom. The first-order valence-corrected chi connectivity index (χ1v) is 4.99. The van der Waals surface area contributed by atoms with Gasteiger partial charge in [-0.1, -0.05) is 13.3 Å². The van der Waals surface area contributed by atoms with E-state index in [2.05, 4.69) is 0 Å². The zero-order chi connectivity index (χ0) is 11.3. The molecule has 0 saturated heterocycles. The summed E-state index contributed by atoms with van der Waals surface area (Å²) in [4.78, 5) is 22.2. The van der Waals surface area contributed by atoms with E-state index in [-0.39, 0.29) is 11.5 Å². The fourth-order valence-electron chi connectivity index (χ4n) is 0.996. The molecule has 0 aromatic carbocycles. The maximum absolute atomic E-state index is 11.3. The molecule has 4 nitrogen and oxygen atoms in total. The van der Waals surface area contributed by atoms with Gasteiger partial charge in [0.15, 0.2) is 0 Å². The number of carbonyl (C=O) groups is 1. The van der Waals surface area contributed by atoms with Crippen molar-refractivity contribution < 1.29 is 13.9 Å². The van der Waals surface area contributed by atoms with Crippen LogP contribution < -0.4 is 10.2 Å². The van der Waals surface area contributed by atoms with Crippen LogP contribution >= 0.6 is 11.6 Å². The Hall–Kier alpha value is -1.29. The van der Waals surface area contributed by atoms with Gasteiger partial charge in [0.1, 0.15) is 0 Å². The van der Waals surface area contributed by atoms with Crippen molar-refractivity contribution in [2.45, 2.75) is 19.8 Å². The van der Waals surface area contributed by atoms with Crippen molar-refractivity contribution in [3.8, 4) is 5.75 Å². The van der Waals surface area contributed by atoms with Crippen molar-refractivity contribution in [2.75, 3.05) is 6.61 Å². The quantitative estimate of drug-likeness (QED) is 0.575. The van der Waals surface area contributed by atoms with Crippen LogP contribution in [-0.2, 0) is 0 Å². The lowest BCUT2D eigenvalue weighted by Crippen LogP contribution is -2.11. The molecule has 0 N–H and O–H groups in total. The topological polar surface area (TPSA) is 56.5 Å². The number of hydrogen-bond donors (Lipinski definition) is 0. The molecule has 0 bridgehead atoms. The second-order valence-electron chi connectivity index (χ2n) is 2.92. The molecule has 0 unspecified atom stereocenters. The lowest BCUT2D eigenvalue weighted by atomic mass is 10.3. The highest BCUT2D eigenvalue weighted by Gasteiger charge is 2.16. The van der Waals surface area contributed by atoms with Gasteiger partial charge in [-0.05, 0) is 18.0 Å². The summed E-state index contributed by atoms with van der Waals surface area (Å²) >= 11 is 5.24. The third-order valence-electron chi connectivity index (χ3n) is 1.76. The summed E-state index contributed by atoms with van der Waals surface area (Å²) in [6, 6.07) is 1.19. The molecule has 0 atom stereocenters. The number of ether oxygens (including phenoxy) is 1. The first kappa shape index (κ1) is 11.8. The van der Waals surface area contributed by atoms with Gasteiger partial charge in [0.25, 0.3) is 5.24 Å². The van der Waals surface area contributed by atoms with Gasteiger partial charge in [0.2, 0.25) is 16.9 Å². The van der Waals surface area contributed by atoms with Crippen molar-refractivity contribution in [1.29, 1.82) is 0 Å². The summed E-state index contributed by atoms with van der Waals surface area (Å²) in [6.07, 6.45) is 2.84. The van der Waals surface area contributed by atoms with Gasteiger partial charge in [-0.15, -0.1) is 0 Å². The first-order chi connectivity index (χ1) is 7.16. The predicted molar refractivity (Wildman–Crippen MR) is 55.6 cm³/mol. The van der Waals surface area contributed by atoms with E-state index in [1.165, 1.54) is 6.07 Å².